The Kier molecular flexibility index (Phi) is 2.82. The fourth-order valence-corrected chi connectivity index (χ4v) is 2.92. The molecule has 4 nitrogen and oxygen atoms in total. The summed E-state index contributed by atoms with van der Waals surface area (Å²) in [6.45, 7) is 2.01. The molecule has 0 N–H and O–H groups in total. The van der Waals surface area contributed by atoms with Crippen LogP contribution in [0.2, 0.25) is 0 Å². The number of hydrogen-bond donors (Lipinski definition) is 0. The number of rotatable bonds is 1. The van der Waals surface area contributed by atoms with E-state index in [0.29, 0.717) is 11.1 Å². The Morgan fingerprint density at radius 2 is 1.74 bits per heavy atom. The van der Waals surface area contributed by atoms with E-state index >= 15 is 0 Å². The van der Waals surface area contributed by atoms with Crippen LogP contribution in [0.1, 0.15) is 11.1 Å². The van der Waals surface area contributed by atoms with Gasteiger partial charge in [-0.2, -0.15) is 5.26 Å². The molecule has 4 heteroatoms. The number of aromatic nitrogens is 2. The molecule has 4 aromatic rings. The van der Waals surface area contributed by atoms with Crippen molar-refractivity contribution in [2.24, 2.45) is 0 Å². The SMILES string of the molecule is Cc1ccc(-n2c(=O)c3cccn3c3ccc(C#N)cc32)cc1. The van der Waals surface area contributed by atoms with Crippen molar-refractivity contribution < 1.29 is 0 Å². The van der Waals surface area contributed by atoms with Gasteiger partial charge in [-0.25, -0.2) is 0 Å². The van der Waals surface area contributed by atoms with Crippen LogP contribution in [-0.4, -0.2) is 8.97 Å². The number of benzene rings is 2. The highest BCUT2D eigenvalue weighted by molar-refractivity contribution is 5.82. The van der Waals surface area contributed by atoms with Gasteiger partial charge in [-0.1, -0.05) is 17.7 Å². The molecule has 4 rings (SSSR count). The molecule has 2 heterocycles. The van der Waals surface area contributed by atoms with Gasteiger partial charge in [0.1, 0.15) is 5.52 Å². The van der Waals surface area contributed by atoms with Crippen LogP contribution in [0.4, 0.5) is 0 Å². The average Bonchev–Trinajstić information content (AvgIpc) is 3.06. The number of aryl methyl sites for hydroxylation is 1. The first-order chi connectivity index (χ1) is 11.2. The lowest BCUT2D eigenvalue weighted by Crippen LogP contribution is -2.21. The molecule has 110 valence electrons. The van der Waals surface area contributed by atoms with Crippen molar-refractivity contribution in [3.63, 3.8) is 0 Å². The van der Waals surface area contributed by atoms with Gasteiger partial charge in [0, 0.05) is 11.9 Å². The minimum atomic E-state index is -0.0959. The van der Waals surface area contributed by atoms with Gasteiger partial charge in [0.25, 0.3) is 5.56 Å². The van der Waals surface area contributed by atoms with Gasteiger partial charge in [0.05, 0.1) is 22.7 Å². The third kappa shape index (κ3) is 1.95. The van der Waals surface area contributed by atoms with Crippen molar-refractivity contribution in [1.29, 1.82) is 5.26 Å². The molecule has 0 spiro atoms. The highest BCUT2D eigenvalue weighted by Gasteiger charge is 2.12. The second kappa shape index (κ2) is 4.85. The zero-order valence-electron chi connectivity index (χ0n) is 12.5. The van der Waals surface area contributed by atoms with E-state index in [1.807, 2.05) is 60.0 Å². The third-order valence-electron chi connectivity index (χ3n) is 4.07. The van der Waals surface area contributed by atoms with Gasteiger partial charge >= 0.3 is 0 Å². The highest BCUT2D eigenvalue weighted by Crippen LogP contribution is 2.20. The summed E-state index contributed by atoms with van der Waals surface area (Å²) in [5.41, 5.74) is 4.59. The molecule has 0 fully saturated rings. The van der Waals surface area contributed by atoms with Crippen LogP contribution in [-0.2, 0) is 0 Å². The zero-order valence-corrected chi connectivity index (χ0v) is 12.5. The van der Waals surface area contributed by atoms with E-state index in [2.05, 4.69) is 6.07 Å². The Morgan fingerprint density at radius 1 is 0.957 bits per heavy atom. The molecule has 2 aromatic heterocycles. The molecular weight excluding hydrogens is 286 g/mol. The fourth-order valence-electron chi connectivity index (χ4n) is 2.92. The van der Waals surface area contributed by atoms with Crippen LogP contribution in [0, 0.1) is 18.3 Å². The topological polar surface area (TPSA) is 50.2 Å². The van der Waals surface area contributed by atoms with Gasteiger partial charge in [0.2, 0.25) is 0 Å². The van der Waals surface area contributed by atoms with Gasteiger partial charge in [-0.05, 0) is 49.4 Å². The molecule has 0 aliphatic rings. The average molecular weight is 299 g/mol. The third-order valence-corrected chi connectivity index (χ3v) is 4.07. The van der Waals surface area contributed by atoms with E-state index in [1.165, 1.54) is 0 Å². The predicted molar refractivity (Wildman–Crippen MR) is 90.0 cm³/mol. The van der Waals surface area contributed by atoms with Crippen molar-refractivity contribution >= 4 is 16.6 Å². The first kappa shape index (κ1) is 13.4. The zero-order chi connectivity index (χ0) is 16.0. The molecule has 0 aliphatic heterocycles. The van der Waals surface area contributed by atoms with E-state index in [1.54, 1.807) is 16.7 Å². The molecule has 0 atom stereocenters. The van der Waals surface area contributed by atoms with E-state index in [4.69, 9.17) is 0 Å². The number of fused-ring (bicyclic) bond motifs is 3. The van der Waals surface area contributed by atoms with Crippen LogP contribution in [0.3, 0.4) is 0 Å². The normalized spacial score (nSPS) is 11.0. The standard InChI is InChI=1S/C19H13N3O/c1-13-4-7-15(8-5-13)22-18-11-14(12-20)6-9-16(18)21-10-2-3-17(21)19(22)23/h2-11H,1H3. The fraction of sp³-hybridized carbons (Fsp3) is 0.0526. The first-order valence-corrected chi connectivity index (χ1v) is 7.32. The highest BCUT2D eigenvalue weighted by atomic mass is 16.1. The molecule has 0 aliphatic carbocycles. The molecule has 0 radical (unpaired) electrons. The summed E-state index contributed by atoms with van der Waals surface area (Å²) in [5, 5.41) is 9.19. The van der Waals surface area contributed by atoms with Crippen molar-refractivity contribution in [3.8, 4) is 11.8 Å². The van der Waals surface area contributed by atoms with Gasteiger partial charge in [-0.3, -0.25) is 9.36 Å². The predicted octanol–water partition coefficient (Wildman–Crippen LogP) is 3.42. The van der Waals surface area contributed by atoms with Crippen LogP contribution in [0.15, 0.2) is 65.6 Å². The summed E-state index contributed by atoms with van der Waals surface area (Å²) in [7, 11) is 0. The van der Waals surface area contributed by atoms with Gasteiger partial charge in [0.15, 0.2) is 0 Å². The maximum absolute atomic E-state index is 12.9. The van der Waals surface area contributed by atoms with Crippen LogP contribution in [0.25, 0.3) is 22.2 Å². The summed E-state index contributed by atoms with van der Waals surface area (Å²) in [5.74, 6) is 0. The molecule has 0 bridgehead atoms. The summed E-state index contributed by atoms with van der Waals surface area (Å²) >= 11 is 0. The van der Waals surface area contributed by atoms with Crippen LogP contribution in [0.5, 0.6) is 0 Å². The minimum absolute atomic E-state index is 0.0959. The monoisotopic (exact) mass is 299 g/mol. The Labute approximate surface area is 132 Å². The Bertz CT molecular complexity index is 1140. The summed E-state index contributed by atoms with van der Waals surface area (Å²) in [6, 6.07) is 19.0. The number of nitriles is 1. The smallest absolute Gasteiger partial charge is 0.279 e. The van der Waals surface area contributed by atoms with Crippen molar-refractivity contribution in [1.82, 2.24) is 8.97 Å². The summed E-state index contributed by atoms with van der Waals surface area (Å²) < 4.78 is 3.54. The molecule has 23 heavy (non-hydrogen) atoms. The maximum atomic E-state index is 12.9. The Morgan fingerprint density at radius 3 is 2.48 bits per heavy atom. The lowest BCUT2D eigenvalue weighted by molar-refractivity contribution is 1.02. The molecular formula is C19H13N3O. The molecule has 0 unspecified atom stereocenters. The van der Waals surface area contributed by atoms with E-state index in [-0.39, 0.29) is 5.56 Å². The maximum Gasteiger partial charge on any atom is 0.279 e. The van der Waals surface area contributed by atoms with E-state index in [0.717, 1.165) is 22.3 Å². The summed E-state index contributed by atoms with van der Waals surface area (Å²) in [4.78, 5) is 12.9. The molecule has 2 aromatic carbocycles. The number of nitrogens with zero attached hydrogens (tertiary/aromatic N) is 3. The molecule has 0 saturated carbocycles. The van der Waals surface area contributed by atoms with Crippen molar-refractivity contribution in [2.45, 2.75) is 6.92 Å². The second-order valence-corrected chi connectivity index (χ2v) is 5.55. The number of hydrogen-bond acceptors (Lipinski definition) is 2. The molecule has 0 amide bonds. The minimum Gasteiger partial charge on any atom is -0.310 e. The van der Waals surface area contributed by atoms with E-state index in [9.17, 15) is 10.1 Å². The van der Waals surface area contributed by atoms with Gasteiger partial charge in [-0.15, -0.1) is 0 Å². The summed E-state index contributed by atoms with van der Waals surface area (Å²) in [6.07, 6.45) is 1.87. The van der Waals surface area contributed by atoms with Crippen molar-refractivity contribution in [3.05, 3.63) is 82.3 Å². The van der Waals surface area contributed by atoms with Gasteiger partial charge < -0.3 is 4.40 Å². The van der Waals surface area contributed by atoms with Crippen LogP contribution >= 0.6 is 0 Å². The van der Waals surface area contributed by atoms with Crippen molar-refractivity contribution in [2.75, 3.05) is 0 Å². The largest absolute Gasteiger partial charge is 0.310 e. The second-order valence-electron chi connectivity index (χ2n) is 5.55. The molecule has 0 saturated heterocycles. The quantitative estimate of drug-likeness (QED) is 0.540. The lowest BCUT2D eigenvalue weighted by atomic mass is 10.1. The van der Waals surface area contributed by atoms with E-state index < -0.39 is 0 Å². The van der Waals surface area contributed by atoms with Crippen LogP contribution < -0.4 is 5.56 Å². The first-order valence-electron chi connectivity index (χ1n) is 7.32. The lowest BCUT2D eigenvalue weighted by Gasteiger charge is -2.13. The Balaban J connectivity index is 2.23. The Hall–Kier alpha value is -3.32.